The second kappa shape index (κ2) is 13.2. The molecule has 5 nitrogen and oxygen atoms in total. The van der Waals surface area contributed by atoms with E-state index in [0.29, 0.717) is 31.1 Å². The van der Waals surface area contributed by atoms with Gasteiger partial charge in [0, 0.05) is 41.6 Å². The SMILES string of the molecule is CC[C@@H](C)N(CC(=O)N(Cc1cccn1Cc1ccccc1Cl)CC(C)C)C(=O)c1cccc(C(F)(F)F)c1. The fourth-order valence-electron chi connectivity index (χ4n) is 4.34. The zero-order chi connectivity index (χ0) is 28.7. The van der Waals surface area contributed by atoms with Crippen molar-refractivity contribution in [1.29, 1.82) is 0 Å². The zero-order valence-electron chi connectivity index (χ0n) is 22.7. The Morgan fingerprint density at radius 2 is 1.72 bits per heavy atom. The van der Waals surface area contributed by atoms with E-state index in [1.165, 1.54) is 17.0 Å². The third-order valence-electron chi connectivity index (χ3n) is 6.64. The number of benzene rings is 2. The fourth-order valence-corrected chi connectivity index (χ4v) is 4.53. The van der Waals surface area contributed by atoms with E-state index in [1.807, 2.05) is 67.9 Å². The molecule has 0 saturated carbocycles. The highest BCUT2D eigenvalue weighted by Crippen LogP contribution is 2.30. The number of alkyl halides is 3. The lowest BCUT2D eigenvalue weighted by atomic mass is 10.1. The van der Waals surface area contributed by atoms with E-state index in [0.717, 1.165) is 23.4 Å². The molecule has 0 radical (unpaired) electrons. The lowest BCUT2D eigenvalue weighted by Crippen LogP contribution is -2.47. The molecule has 0 N–H and O–H groups in total. The smallest absolute Gasteiger partial charge is 0.345 e. The second-order valence-corrected chi connectivity index (χ2v) is 10.6. The summed E-state index contributed by atoms with van der Waals surface area (Å²) in [4.78, 5) is 30.1. The molecule has 0 bridgehead atoms. The van der Waals surface area contributed by atoms with Crippen molar-refractivity contribution in [3.63, 3.8) is 0 Å². The third kappa shape index (κ3) is 8.12. The Morgan fingerprint density at radius 1 is 1.00 bits per heavy atom. The Kier molecular flexibility index (Phi) is 10.2. The molecule has 0 aliphatic carbocycles. The van der Waals surface area contributed by atoms with Crippen molar-refractivity contribution in [1.82, 2.24) is 14.4 Å². The van der Waals surface area contributed by atoms with Gasteiger partial charge in [-0.1, -0.05) is 56.6 Å². The molecular formula is C30H35ClF3N3O2. The van der Waals surface area contributed by atoms with E-state index < -0.39 is 17.6 Å². The molecule has 0 saturated heterocycles. The Balaban J connectivity index is 1.84. The Labute approximate surface area is 233 Å². The van der Waals surface area contributed by atoms with Gasteiger partial charge in [0.15, 0.2) is 0 Å². The monoisotopic (exact) mass is 561 g/mol. The highest BCUT2D eigenvalue weighted by molar-refractivity contribution is 6.31. The van der Waals surface area contributed by atoms with Crippen molar-refractivity contribution < 1.29 is 22.8 Å². The van der Waals surface area contributed by atoms with E-state index in [-0.39, 0.29) is 30.0 Å². The van der Waals surface area contributed by atoms with Gasteiger partial charge in [0.1, 0.15) is 6.54 Å². The van der Waals surface area contributed by atoms with Crippen LogP contribution in [0.15, 0.2) is 66.9 Å². The first-order valence-corrected chi connectivity index (χ1v) is 13.4. The summed E-state index contributed by atoms with van der Waals surface area (Å²) in [6.07, 6.45) is -2.09. The number of amides is 2. The van der Waals surface area contributed by atoms with Crippen molar-refractivity contribution in [3.05, 3.63) is 94.3 Å². The van der Waals surface area contributed by atoms with Crippen molar-refractivity contribution in [2.24, 2.45) is 5.92 Å². The molecule has 0 aliphatic rings. The van der Waals surface area contributed by atoms with Crippen molar-refractivity contribution in [3.8, 4) is 0 Å². The van der Waals surface area contributed by atoms with Crippen LogP contribution in [-0.2, 0) is 24.1 Å². The van der Waals surface area contributed by atoms with Crippen molar-refractivity contribution in [2.45, 2.75) is 59.4 Å². The summed E-state index contributed by atoms with van der Waals surface area (Å²) in [6.45, 7) is 8.76. The molecule has 3 aromatic rings. The Hall–Kier alpha value is -3.26. The largest absolute Gasteiger partial charge is 0.416 e. The minimum Gasteiger partial charge on any atom is -0.345 e. The van der Waals surface area contributed by atoms with Crippen molar-refractivity contribution in [2.75, 3.05) is 13.1 Å². The summed E-state index contributed by atoms with van der Waals surface area (Å²) < 4.78 is 41.8. The van der Waals surface area contributed by atoms with Gasteiger partial charge in [0.2, 0.25) is 5.91 Å². The Bertz CT molecular complexity index is 1270. The van der Waals surface area contributed by atoms with Gasteiger partial charge in [0.25, 0.3) is 5.91 Å². The minimum absolute atomic E-state index is 0.0954. The normalized spacial score (nSPS) is 12.4. The van der Waals surface area contributed by atoms with Crippen LogP contribution in [0.25, 0.3) is 0 Å². The zero-order valence-corrected chi connectivity index (χ0v) is 23.5. The molecule has 1 heterocycles. The third-order valence-corrected chi connectivity index (χ3v) is 7.01. The first kappa shape index (κ1) is 30.3. The van der Waals surface area contributed by atoms with Gasteiger partial charge < -0.3 is 14.4 Å². The second-order valence-electron chi connectivity index (χ2n) is 10.2. The maximum Gasteiger partial charge on any atom is 0.416 e. The number of carbonyl (C=O) groups is 2. The lowest BCUT2D eigenvalue weighted by Gasteiger charge is -2.32. The van der Waals surface area contributed by atoms with Crippen LogP contribution < -0.4 is 0 Å². The van der Waals surface area contributed by atoms with Gasteiger partial charge in [-0.15, -0.1) is 0 Å². The van der Waals surface area contributed by atoms with E-state index in [4.69, 9.17) is 11.6 Å². The molecule has 0 aliphatic heterocycles. The van der Waals surface area contributed by atoms with Crippen LogP contribution in [0.3, 0.4) is 0 Å². The molecule has 39 heavy (non-hydrogen) atoms. The molecule has 3 rings (SSSR count). The van der Waals surface area contributed by atoms with Crippen molar-refractivity contribution >= 4 is 23.4 Å². The number of halogens is 4. The maximum atomic E-state index is 13.6. The first-order valence-electron chi connectivity index (χ1n) is 13.0. The molecule has 0 spiro atoms. The summed E-state index contributed by atoms with van der Waals surface area (Å²) in [6, 6.07) is 15.4. The molecule has 0 unspecified atom stereocenters. The van der Waals surface area contributed by atoms with Crippen LogP contribution in [0, 0.1) is 5.92 Å². The minimum atomic E-state index is -4.57. The molecule has 1 aromatic heterocycles. The van der Waals surface area contributed by atoms with Crippen LogP contribution in [-0.4, -0.2) is 45.3 Å². The van der Waals surface area contributed by atoms with Gasteiger partial charge in [-0.05, 0) is 61.2 Å². The highest BCUT2D eigenvalue weighted by Gasteiger charge is 2.32. The standard InChI is InChI=1S/C30H35ClF3N3O2/c1-5-22(4)37(29(39)23-11-8-12-25(16-23)30(32,33)34)20-28(38)36(17-21(2)3)19-26-13-9-15-35(26)18-24-10-6-7-14-27(24)31/h6-16,21-22H,5,17-20H2,1-4H3/t22-/m1/s1. The summed E-state index contributed by atoms with van der Waals surface area (Å²) >= 11 is 6.36. The van der Waals surface area contributed by atoms with Crippen LogP contribution in [0.4, 0.5) is 13.2 Å². The van der Waals surface area contributed by atoms with Crippen LogP contribution in [0.1, 0.15) is 61.3 Å². The van der Waals surface area contributed by atoms with Crippen LogP contribution >= 0.6 is 11.6 Å². The number of rotatable bonds is 11. The topological polar surface area (TPSA) is 45.6 Å². The molecule has 0 fully saturated rings. The summed E-state index contributed by atoms with van der Waals surface area (Å²) in [5.41, 5.74) is 0.864. The number of hydrogen-bond donors (Lipinski definition) is 0. The first-order chi connectivity index (χ1) is 18.4. The quantitative estimate of drug-likeness (QED) is 0.250. The maximum absolute atomic E-state index is 13.6. The predicted molar refractivity (Wildman–Crippen MR) is 147 cm³/mol. The van der Waals surface area contributed by atoms with E-state index in [9.17, 15) is 22.8 Å². The fraction of sp³-hybridized carbons (Fsp3) is 0.400. The summed E-state index contributed by atoms with van der Waals surface area (Å²) in [5, 5.41) is 0.657. The summed E-state index contributed by atoms with van der Waals surface area (Å²) in [7, 11) is 0. The lowest BCUT2D eigenvalue weighted by molar-refractivity contribution is -0.137. The van der Waals surface area contributed by atoms with Gasteiger partial charge in [-0.25, -0.2) is 0 Å². The molecule has 2 aromatic carbocycles. The molecule has 9 heteroatoms. The highest BCUT2D eigenvalue weighted by atomic mass is 35.5. The van der Waals surface area contributed by atoms with Gasteiger partial charge in [-0.2, -0.15) is 13.2 Å². The van der Waals surface area contributed by atoms with E-state index in [1.54, 1.807) is 11.8 Å². The number of carbonyl (C=O) groups excluding carboxylic acids is 2. The summed E-state index contributed by atoms with van der Waals surface area (Å²) in [5.74, 6) is -0.706. The van der Waals surface area contributed by atoms with Gasteiger partial charge in [0.05, 0.1) is 12.1 Å². The van der Waals surface area contributed by atoms with E-state index >= 15 is 0 Å². The molecule has 210 valence electrons. The van der Waals surface area contributed by atoms with E-state index in [2.05, 4.69) is 0 Å². The van der Waals surface area contributed by atoms with Gasteiger partial charge >= 0.3 is 6.18 Å². The van der Waals surface area contributed by atoms with Crippen LogP contribution in [0.5, 0.6) is 0 Å². The molecular weight excluding hydrogens is 527 g/mol. The van der Waals surface area contributed by atoms with Gasteiger partial charge in [-0.3, -0.25) is 9.59 Å². The number of nitrogens with zero attached hydrogens (tertiary/aromatic N) is 3. The average Bonchev–Trinajstić information content (AvgIpc) is 3.33. The predicted octanol–water partition coefficient (Wildman–Crippen LogP) is 7.13. The number of aromatic nitrogens is 1. The van der Waals surface area contributed by atoms with Crippen LogP contribution in [0.2, 0.25) is 5.02 Å². The number of hydrogen-bond acceptors (Lipinski definition) is 2. The average molecular weight is 562 g/mol. The molecule has 2 amide bonds. The molecule has 1 atom stereocenters. The Morgan fingerprint density at radius 3 is 2.36 bits per heavy atom.